The summed E-state index contributed by atoms with van der Waals surface area (Å²) in [6, 6.07) is 14.0. The SMILES string of the molecule is COc1ccc(COS(=O)(=O)Cc2ccccc2)cc1OC. The molecule has 0 N–H and O–H groups in total. The molecule has 0 fully saturated rings. The summed E-state index contributed by atoms with van der Waals surface area (Å²) >= 11 is 0. The van der Waals surface area contributed by atoms with Crippen LogP contribution in [0.1, 0.15) is 11.1 Å². The van der Waals surface area contributed by atoms with E-state index >= 15 is 0 Å². The molecular weight excluding hydrogens is 304 g/mol. The van der Waals surface area contributed by atoms with Crippen molar-refractivity contribution in [2.45, 2.75) is 12.4 Å². The zero-order valence-electron chi connectivity index (χ0n) is 12.5. The van der Waals surface area contributed by atoms with Crippen molar-refractivity contribution >= 4 is 10.1 Å². The zero-order chi connectivity index (χ0) is 16.0. The Hall–Kier alpha value is -2.05. The molecule has 2 rings (SSSR count). The maximum atomic E-state index is 12.0. The predicted molar refractivity (Wildman–Crippen MR) is 83.4 cm³/mol. The summed E-state index contributed by atoms with van der Waals surface area (Å²) in [5.74, 6) is 0.962. The van der Waals surface area contributed by atoms with E-state index in [0.29, 0.717) is 22.6 Å². The fraction of sp³-hybridized carbons (Fsp3) is 0.250. The fourth-order valence-electron chi connectivity index (χ4n) is 1.95. The molecule has 22 heavy (non-hydrogen) atoms. The molecule has 0 aromatic heterocycles. The maximum absolute atomic E-state index is 12.0. The van der Waals surface area contributed by atoms with Gasteiger partial charge in [-0.15, -0.1) is 0 Å². The van der Waals surface area contributed by atoms with Crippen molar-refractivity contribution in [1.82, 2.24) is 0 Å². The second kappa shape index (κ2) is 7.29. The predicted octanol–water partition coefficient (Wildman–Crippen LogP) is 2.75. The third kappa shape index (κ3) is 4.47. The average molecular weight is 322 g/mol. The lowest BCUT2D eigenvalue weighted by atomic mass is 10.2. The first-order chi connectivity index (χ1) is 10.5. The Bertz CT molecular complexity index is 711. The van der Waals surface area contributed by atoms with Crippen LogP contribution in [0.5, 0.6) is 11.5 Å². The lowest BCUT2D eigenvalue weighted by Crippen LogP contribution is -2.09. The summed E-state index contributed by atoms with van der Waals surface area (Å²) in [5, 5.41) is 0. The summed E-state index contributed by atoms with van der Waals surface area (Å²) in [5.41, 5.74) is 1.38. The number of rotatable bonds is 7. The Labute approximate surface area is 130 Å². The van der Waals surface area contributed by atoms with Crippen LogP contribution >= 0.6 is 0 Å². The van der Waals surface area contributed by atoms with E-state index in [2.05, 4.69) is 0 Å². The fourth-order valence-corrected chi connectivity index (χ4v) is 2.95. The lowest BCUT2D eigenvalue weighted by molar-refractivity contribution is 0.305. The van der Waals surface area contributed by atoms with Crippen molar-refractivity contribution in [2.24, 2.45) is 0 Å². The van der Waals surface area contributed by atoms with Crippen molar-refractivity contribution in [3.63, 3.8) is 0 Å². The Morgan fingerprint density at radius 3 is 2.18 bits per heavy atom. The molecule has 0 aliphatic heterocycles. The maximum Gasteiger partial charge on any atom is 0.271 e. The molecule has 0 aliphatic carbocycles. The van der Waals surface area contributed by atoms with Gasteiger partial charge in [0.1, 0.15) is 5.75 Å². The highest BCUT2D eigenvalue weighted by molar-refractivity contribution is 7.85. The van der Waals surface area contributed by atoms with E-state index in [1.165, 1.54) is 7.11 Å². The number of hydrogen-bond donors (Lipinski definition) is 0. The number of hydrogen-bond acceptors (Lipinski definition) is 5. The molecule has 0 unspecified atom stereocenters. The van der Waals surface area contributed by atoms with Crippen molar-refractivity contribution in [1.29, 1.82) is 0 Å². The van der Waals surface area contributed by atoms with Crippen LogP contribution in [0.25, 0.3) is 0 Å². The normalized spacial score (nSPS) is 11.2. The Balaban J connectivity index is 2.03. The van der Waals surface area contributed by atoms with Gasteiger partial charge in [-0.2, -0.15) is 8.42 Å². The van der Waals surface area contributed by atoms with Crippen molar-refractivity contribution in [3.8, 4) is 11.5 Å². The van der Waals surface area contributed by atoms with Gasteiger partial charge in [0, 0.05) is 0 Å². The molecule has 0 radical (unpaired) electrons. The third-order valence-electron chi connectivity index (χ3n) is 3.04. The molecule has 0 saturated heterocycles. The van der Waals surface area contributed by atoms with Crippen molar-refractivity contribution < 1.29 is 22.1 Å². The minimum absolute atomic E-state index is 0.0461. The molecule has 6 heteroatoms. The molecule has 0 aliphatic rings. The van der Waals surface area contributed by atoms with Crippen LogP contribution in [0.15, 0.2) is 48.5 Å². The van der Waals surface area contributed by atoms with Crippen LogP contribution in [0.3, 0.4) is 0 Å². The molecule has 0 heterocycles. The molecule has 2 aromatic carbocycles. The van der Waals surface area contributed by atoms with Gasteiger partial charge in [-0.1, -0.05) is 36.4 Å². The molecule has 0 bridgehead atoms. The van der Waals surface area contributed by atoms with E-state index in [1.54, 1.807) is 49.6 Å². The molecular formula is C16H18O5S. The van der Waals surface area contributed by atoms with Gasteiger partial charge in [-0.05, 0) is 23.3 Å². The van der Waals surface area contributed by atoms with Crippen molar-refractivity contribution in [3.05, 3.63) is 59.7 Å². The first kappa shape index (κ1) is 16.3. The van der Waals surface area contributed by atoms with Gasteiger partial charge in [-0.3, -0.25) is 4.18 Å². The molecule has 2 aromatic rings. The Morgan fingerprint density at radius 1 is 0.864 bits per heavy atom. The highest BCUT2D eigenvalue weighted by atomic mass is 32.2. The van der Waals surface area contributed by atoms with Gasteiger partial charge in [0.15, 0.2) is 11.5 Å². The van der Waals surface area contributed by atoms with Crippen LogP contribution in [-0.2, 0) is 26.7 Å². The van der Waals surface area contributed by atoms with Gasteiger partial charge >= 0.3 is 0 Å². The molecule has 118 valence electrons. The summed E-state index contributed by atoms with van der Waals surface area (Å²) < 4.78 is 39.3. The Kier molecular flexibility index (Phi) is 5.41. The van der Waals surface area contributed by atoms with E-state index in [-0.39, 0.29) is 12.4 Å². The first-order valence-corrected chi connectivity index (χ1v) is 8.24. The minimum atomic E-state index is -3.64. The largest absolute Gasteiger partial charge is 0.493 e. The van der Waals surface area contributed by atoms with Gasteiger partial charge in [-0.25, -0.2) is 0 Å². The van der Waals surface area contributed by atoms with Crippen LogP contribution in [0, 0.1) is 0 Å². The zero-order valence-corrected chi connectivity index (χ0v) is 13.3. The van der Waals surface area contributed by atoms with Crippen LogP contribution in [0.2, 0.25) is 0 Å². The van der Waals surface area contributed by atoms with Gasteiger partial charge in [0.25, 0.3) is 10.1 Å². The quantitative estimate of drug-likeness (QED) is 0.734. The number of ether oxygens (including phenoxy) is 2. The molecule has 5 nitrogen and oxygen atoms in total. The highest BCUT2D eigenvalue weighted by Gasteiger charge is 2.13. The third-order valence-corrected chi connectivity index (χ3v) is 4.20. The van der Waals surface area contributed by atoms with E-state index in [0.717, 1.165) is 0 Å². The van der Waals surface area contributed by atoms with Crippen LogP contribution in [-0.4, -0.2) is 22.6 Å². The standard InChI is InChI=1S/C16H18O5S/c1-19-15-9-8-14(10-16(15)20-2)11-21-22(17,18)12-13-6-4-3-5-7-13/h3-10H,11-12H2,1-2H3. The Morgan fingerprint density at radius 2 is 1.55 bits per heavy atom. The van der Waals surface area contributed by atoms with Crippen molar-refractivity contribution in [2.75, 3.05) is 14.2 Å². The number of methoxy groups -OCH3 is 2. The van der Waals surface area contributed by atoms with Crippen LogP contribution in [0.4, 0.5) is 0 Å². The summed E-state index contributed by atoms with van der Waals surface area (Å²) in [6.07, 6.45) is 0. The first-order valence-electron chi connectivity index (χ1n) is 6.66. The van der Waals surface area contributed by atoms with Crippen LogP contribution < -0.4 is 9.47 Å². The summed E-state index contributed by atoms with van der Waals surface area (Å²) in [7, 11) is -0.578. The minimum Gasteiger partial charge on any atom is -0.493 e. The average Bonchev–Trinajstić information content (AvgIpc) is 2.53. The smallest absolute Gasteiger partial charge is 0.271 e. The van der Waals surface area contributed by atoms with E-state index < -0.39 is 10.1 Å². The molecule has 0 spiro atoms. The van der Waals surface area contributed by atoms with E-state index in [1.807, 2.05) is 6.07 Å². The van der Waals surface area contributed by atoms with Gasteiger partial charge in [0.05, 0.1) is 20.8 Å². The second-order valence-corrected chi connectivity index (χ2v) is 6.28. The molecule has 0 amide bonds. The monoisotopic (exact) mass is 322 g/mol. The molecule has 0 atom stereocenters. The second-order valence-electron chi connectivity index (χ2n) is 4.64. The number of benzene rings is 2. The lowest BCUT2D eigenvalue weighted by Gasteiger charge is -2.10. The summed E-state index contributed by atoms with van der Waals surface area (Å²) in [6.45, 7) is -0.0461. The highest BCUT2D eigenvalue weighted by Crippen LogP contribution is 2.28. The van der Waals surface area contributed by atoms with Gasteiger partial charge in [0.2, 0.25) is 0 Å². The van der Waals surface area contributed by atoms with E-state index in [9.17, 15) is 8.42 Å². The van der Waals surface area contributed by atoms with E-state index in [4.69, 9.17) is 13.7 Å². The topological polar surface area (TPSA) is 61.8 Å². The molecule has 0 saturated carbocycles. The van der Waals surface area contributed by atoms with Gasteiger partial charge < -0.3 is 9.47 Å². The summed E-state index contributed by atoms with van der Waals surface area (Å²) in [4.78, 5) is 0.